The van der Waals surface area contributed by atoms with Crippen LogP contribution >= 0.6 is 0 Å². The van der Waals surface area contributed by atoms with E-state index in [0.29, 0.717) is 24.3 Å². The first-order valence-electron chi connectivity index (χ1n) is 8.17. The molecule has 0 aliphatic carbocycles. The molecule has 0 spiro atoms. The van der Waals surface area contributed by atoms with Crippen LogP contribution in [0.4, 0.5) is 15.8 Å². The summed E-state index contributed by atoms with van der Waals surface area (Å²) >= 11 is 0. The van der Waals surface area contributed by atoms with Gasteiger partial charge >= 0.3 is 0 Å². The van der Waals surface area contributed by atoms with Gasteiger partial charge in [-0.2, -0.15) is 0 Å². The van der Waals surface area contributed by atoms with Crippen molar-refractivity contribution in [2.45, 2.75) is 12.8 Å². The lowest BCUT2D eigenvalue weighted by atomic mass is 10.1. The number of carbonyl (C=O) groups excluding carboxylic acids is 2. The predicted octanol–water partition coefficient (Wildman–Crippen LogP) is 3.22. The van der Waals surface area contributed by atoms with Crippen LogP contribution in [0.25, 0.3) is 0 Å². The zero-order chi connectivity index (χ0) is 18.7. The van der Waals surface area contributed by atoms with Crippen LogP contribution < -0.4 is 19.7 Å². The topological polar surface area (TPSA) is 67.9 Å². The van der Waals surface area contributed by atoms with Crippen LogP contribution in [0.2, 0.25) is 0 Å². The standard InChI is InChI=1S/C19H19FN2O4/c1-25-16-10-14(20)15(11-17(16)26-2)21-19(24)12-5-7-13(8-6-12)22-9-3-4-18(22)23/h5-8,10-11H,3-4,9H2,1-2H3,(H,21,24). The van der Waals surface area contributed by atoms with E-state index in [4.69, 9.17) is 9.47 Å². The van der Waals surface area contributed by atoms with E-state index >= 15 is 0 Å². The summed E-state index contributed by atoms with van der Waals surface area (Å²) in [6, 6.07) is 9.15. The lowest BCUT2D eigenvalue weighted by molar-refractivity contribution is -0.117. The molecule has 0 aromatic heterocycles. The van der Waals surface area contributed by atoms with E-state index < -0.39 is 11.7 Å². The second-order valence-corrected chi connectivity index (χ2v) is 5.84. The van der Waals surface area contributed by atoms with Gasteiger partial charge in [-0.05, 0) is 30.7 Å². The molecule has 0 bridgehead atoms. The highest BCUT2D eigenvalue weighted by atomic mass is 19.1. The average Bonchev–Trinajstić information content (AvgIpc) is 3.09. The maximum absolute atomic E-state index is 14.1. The largest absolute Gasteiger partial charge is 0.493 e. The molecule has 0 saturated carbocycles. The summed E-state index contributed by atoms with van der Waals surface area (Å²) in [4.78, 5) is 25.8. The summed E-state index contributed by atoms with van der Waals surface area (Å²) in [6.07, 6.45) is 1.38. The van der Waals surface area contributed by atoms with Crippen LogP contribution in [0, 0.1) is 5.82 Å². The Morgan fingerprint density at radius 1 is 1.12 bits per heavy atom. The van der Waals surface area contributed by atoms with Crippen molar-refractivity contribution < 1.29 is 23.5 Å². The van der Waals surface area contributed by atoms with E-state index in [1.165, 1.54) is 20.3 Å². The number of ether oxygens (including phenoxy) is 2. The van der Waals surface area contributed by atoms with Gasteiger partial charge in [0.15, 0.2) is 17.3 Å². The molecule has 3 rings (SSSR count). The number of nitrogens with one attached hydrogen (secondary N) is 1. The van der Waals surface area contributed by atoms with Crippen molar-refractivity contribution in [3.63, 3.8) is 0 Å². The number of nitrogens with zero attached hydrogens (tertiary/aromatic N) is 1. The van der Waals surface area contributed by atoms with Crippen molar-refractivity contribution in [2.75, 3.05) is 31.0 Å². The fraction of sp³-hybridized carbons (Fsp3) is 0.263. The van der Waals surface area contributed by atoms with Gasteiger partial charge in [-0.3, -0.25) is 9.59 Å². The van der Waals surface area contributed by atoms with Gasteiger partial charge in [0.05, 0.1) is 19.9 Å². The monoisotopic (exact) mass is 358 g/mol. The normalized spacial score (nSPS) is 13.7. The third kappa shape index (κ3) is 3.46. The van der Waals surface area contributed by atoms with Gasteiger partial charge < -0.3 is 19.7 Å². The van der Waals surface area contributed by atoms with Crippen molar-refractivity contribution in [1.82, 2.24) is 0 Å². The van der Waals surface area contributed by atoms with Crippen LogP contribution in [0.3, 0.4) is 0 Å². The maximum atomic E-state index is 14.1. The van der Waals surface area contributed by atoms with Crippen LogP contribution in [0.15, 0.2) is 36.4 Å². The predicted molar refractivity (Wildman–Crippen MR) is 95.5 cm³/mol. The summed E-state index contributed by atoms with van der Waals surface area (Å²) < 4.78 is 24.3. The van der Waals surface area contributed by atoms with Crippen molar-refractivity contribution >= 4 is 23.2 Å². The number of amides is 2. The minimum atomic E-state index is -0.629. The average molecular weight is 358 g/mol. The molecule has 1 fully saturated rings. The number of hydrogen-bond donors (Lipinski definition) is 1. The van der Waals surface area contributed by atoms with E-state index in [2.05, 4.69) is 5.32 Å². The second kappa shape index (κ2) is 7.43. The lowest BCUT2D eigenvalue weighted by Gasteiger charge is -2.16. The number of methoxy groups -OCH3 is 2. The van der Waals surface area contributed by atoms with Gasteiger partial charge in [0.1, 0.15) is 0 Å². The number of benzene rings is 2. The van der Waals surface area contributed by atoms with E-state index in [0.717, 1.165) is 18.2 Å². The minimum absolute atomic E-state index is 0.00792. The SMILES string of the molecule is COc1cc(F)c(NC(=O)c2ccc(N3CCCC3=O)cc2)cc1OC. The van der Waals surface area contributed by atoms with Gasteiger partial charge in [0, 0.05) is 36.3 Å². The Bertz CT molecular complexity index is 836. The molecule has 0 unspecified atom stereocenters. The van der Waals surface area contributed by atoms with Crippen molar-refractivity contribution in [1.29, 1.82) is 0 Å². The molecule has 26 heavy (non-hydrogen) atoms. The Morgan fingerprint density at radius 2 is 1.77 bits per heavy atom. The molecule has 1 aliphatic heterocycles. The molecule has 1 aliphatic rings. The summed E-state index contributed by atoms with van der Waals surface area (Å²) in [6.45, 7) is 0.682. The molecular formula is C19H19FN2O4. The molecule has 1 heterocycles. The Morgan fingerprint density at radius 3 is 2.35 bits per heavy atom. The number of halogens is 1. The second-order valence-electron chi connectivity index (χ2n) is 5.84. The summed E-state index contributed by atoms with van der Waals surface area (Å²) in [5.41, 5.74) is 1.10. The third-order valence-corrected chi connectivity index (χ3v) is 4.24. The maximum Gasteiger partial charge on any atom is 0.255 e. The van der Waals surface area contributed by atoms with Gasteiger partial charge in [0.25, 0.3) is 5.91 Å². The van der Waals surface area contributed by atoms with Crippen molar-refractivity contribution in [3.05, 3.63) is 47.8 Å². The Hall–Kier alpha value is -3.09. The Kier molecular flexibility index (Phi) is 5.06. The lowest BCUT2D eigenvalue weighted by Crippen LogP contribution is -2.23. The molecule has 2 aromatic rings. The molecule has 2 amide bonds. The van der Waals surface area contributed by atoms with Gasteiger partial charge in [-0.1, -0.05) is 0 Å². The number of anilines is 2. The van der Waals surface area contributed by atoms with Gasteiger partial charge in [-0.15, -0.1) is 0 Å². The molecule has 1 N–H and O–H groups in total. The van der Waals surface area contributed by atoms with Gasteiger partial charge in [0.2, 0.25) is 5.91 Å². The molecule has 2 aromatic carbocycles. The van der Waals surface area contributed by atoms with Gasteiger partial charge in [-0.25, -0.2) is 4.39 Å². The summed E-state index contributed by atoms with van der Waals surface area (Å²) in [7, 11) is 2.84. The molecule has 1 saturated heterocycles. The van der Waals surface area contributed by atoms with Crippen LogP contribution in [0.5, 0.6) is 11.5 Å². The highest BCUT2D eigenvalue weighted by Gasteiger charge is 2.22. The summed E-state index contributed by atoms with van der Waals surface area (Å²) in [5, 5.41) is 2.52. The van der Waals surface area contributed by atoms with E-state index in [1.54, 1.807) is 29.2 Å². The molecule has 0 radical (unpaired) electrons. The van der Waals surface area contributed by atoms with Crippen LogP contribution in [-0.2, 0) is 4.79 Å². The number of carbonyl (C=O) groups is 2. The fourth-order valence-corrected chi connectivity index (χ4v) is 2.86. The van der Waals surface area contributed by atoms with Crippen LogP contribution in [0.1, 0.15) is 23.2 Å². The van der Waals surface area contributed by atoms with E-state index in [-0.39, 0.29) is 17.3 Å². The smallest absolute Gasteiger partial charge is 0.255 e. The van der Waals surface area contributed by atoms with E-state index in [1.807, 2.05) is 0 Å². The van der Waals surface area contributed by atoms with Crippen LogP contribution in [-0.4, -0.2) is 32.6 Å². The zero-order valence-corrected chi connectivity index (χ0v) is 14.5. The molecule has 6 nitrogen and oxygen atoms in total. The molecule has 136 valence electrons. The molecule has 0 atom stereocenters. The number of hydrogen-bond acceptors (Lipinski definition) is 4. The molecular weight excluding hydrogens is 339 g/mol. The Balaban J connectivity index is 1.77. The fourth-order valence-electron chi connectivity index (χ4n) is 2.86. The van der Waals surface area contributed by atoms with Crippen molar-refractivity contribution in [3.8, 4) is 11.5 Å². The number of rotatable bonds is 5. The Labute approximate surface area is 150 Å². The minimum Gasteiger partial charge on any atom is -0.493 e. The highest BCUT2D eigenvalue weighted by Crippen LogP contribution is 2.32. The highest BCUT2D eigenvalue weighted by molar-refractivity contribution is 6.05. The van der Waals surface area contributed by atoms with Crippen molar-refractivity contribution in [2.24, 2.45) is 0 Å². The first-order valence-corrected chi connectivity index (χ1v) is 8.17. The molecule has 7 heteroatoms. The van der Waals surface area contributed by atoms with E-state index in [9.17, 15) is 14.0 Å². The zero-order valence-electron chi connectivity index (χ0n) is 14.5. The first kappa shape index (κ1) is 17.7. The third-order valence-electron chi connectivity index (χ3n) is 4.24. The quantitative estimate of drug-likeness (QED) is 0.891. The first-order chi connectivity index (χ1) is 12.5. The summed E-state index contributed by atoms with van der Waals surface area (Å²) in [5.74, 6) is -0.463.